The molecule has 3 nitrogen and oxygen atoms in total. The topological polar surface area (TPSA) is 33.3 Å². The Morgan fingerprint density at radius 3 is 2.86 bits per heavy atom. The summed E-state index contributed by atoms with van der Waals surface area (Å²) in [7, 11) is 1.68. The number of hydrogen-bond donors (Lipinski definition) is 2. The molecule has 0 amide bonds. The Labute approximate surface area is 92.0 Å². The van der Waals surface area contributed by atoms with Crippen LogP contribution in [0.5, 0.6) is 5.75 Å². The summed E-state index contributed by atoms with van der Waals surface area (Å²) in [5.74, 6) is 0.878. The molecule has 1 saturated heterocycles. The molecule has 0 spiro atoms. The van der Waals surface area contributed by atoms with Crippen LogP contribution in [0, 0.1) is 0 Å². The molecule has 0 bridgehead atoms. The molecule has 1 aromatic rings. The summed E-state index contributed by atoms with van der Waals surface area (Å²) in [4.78, 5) is 0. The molecule has 1 aliphatic rings. The first-order chi connectivity index (χ1) is 6.79. The number of halogens is 1. The highest BCUT2D eigenvalue weighted by atomic mass is 79.9. The van der Waals surface area contributed by atoms with Gasteiger partial charge in [0, 0.05) is 23.6 Å². The van der Waals surface area contributed by atoms with Gasteiger partial charge in [0.15, 0.2) is 0 Å². The van der Waals surface area contributed by atoms with Gasteiger partial charge in [0.2, 0.25) is 0 Å². The standard InChI is InChI=1S/C10H13BrN2O/c1-14-8-2-3-9(11)10(4-8)13-7-5-12-6-7/h2-4,7,12-13H,5-6H2,1H3. The van der Waals surface area contributed by atoms with Crippen LogP contribution in [0.3, 0.4) is 0 Å². The van der Waals surface area contributed by atoms with Crippen molar-refractivity contribution in [1.29, 1.82) is 0 Å². The van der Waals surface area contributed by atoms with Crippen molar-refractivity contribution in [3.63, 3.8) is 0 Å². The normalized spacial score (nSPS) is 16.1. The first-order valence-electron chi connectivity index (χ1n) is 4.60. The Morgan fingerprint density at radius 1 is 1.50 bits per heavy atom. The van der Waals surface area contributed by atoms with Gasteiger partial charge in [-0.15, -0.1) is 0 Å². The summed E-state index contributed by atoms with van der Waals surface area (Å²) in [6, 6.07) is 6.47. The fourth-order valence-corrected chi connectivity index (χ4v) is 1.71. The molecule has 14 heavy (non-hydrogen) atoms. The molecule has 2 N–H and O–H groups in total. The van der Waals surface area contributed by atoms with Gasteiger partial charge in [0.05, 0.1) is 18.8 Å². The summed E-state index contributed by atoms with van der Waals surface area (Å²) in [5.41, 5.74) is 1.09. The van der Waals surface area contributed by atoms with Gasteiger partial charge in [-0.25, -0.2) is 0 Å². The highest BCUT2D eigenvalue weighted by molar-refractivity contribution is 9.10. The van der Waals surface area contributed by atoms with Gasteiger partial charge >= 0.3 is 0 Å². The van der Waals surface area contributed by atoms with Crippen LogP contribution in [0.1, 0.15) is 0 Å². The number of ether oxygens (including phenoxy) is 1. The largest absolute Gasteiger partial charge is 0.497 e. The number of hydrogen-bond acceptors (Lipinski definition) is 3. The smallest absolute Gasteiger partial charge is 0.121 e. The first-order valence-corrected chi connectivity index (χ1v) is 5.39. The zero-order valence-corrected chi connectivity index (χ0v) is 9.60. The lowest BCUT2D eigenvalue weighted by molar-refractivity contribution is 0.414. The molecule has 0 aliphatic carbocycles. The lowest BCUT2D eigenvalue weighted by Crippen LogP contribution is -2.51. The maximum atomic E-state index is 5.17. The van der Waals surface area contributed by atoms with E-state index in [1.165, 1.54) is 0 Å². The Kier molecular flexibility index (Phi) is 2.93. The third-order valence-electron chi connectivity index (χ3n) is 2.31. The van der Waals surface area contributed by atoms with E-state index in [1.807, 2.05) is 18.2 Å². The van der Waals surface area contributed by atoms with Crippen LogP contribution < -0.4 is 15.4 Å². The summed E-state index contributed by atoms with van der Waals surface area (Å²) < 4.78 is 6.24. The molecule has 2 rings (SSSR count). The average Bonchev–Trinajstić information content (AvgIpc) is 2.14. The number of nitrogens with one attached hydrogen (secondary N) is 2. The van der Waals surface area contributed by atoms with E-state index in [0.29, 0.717) is 6.04 Å². The molecule has 0 radical (unpaired) electrons. The Hall–Kier alpha value is -0.740. The molecule has 76 valence electrons. The molecule has 0 unspecified atom stereocenters. The number of methoxy groups -OCH3 is 1. The highest BCUT2D eigenvalue weighted by Crippen LogP contribution is 2.27. The minimum Gasteiger partial charge on any atom is -0.497 e. The number of anilines is 1. The number of benzene rings is 1. The molecule has 1 heterocycles. The highest BCUT2D eigenvalue weighted by Gasteiger charge is 2.17. The van der Waals surface area contributed by atoms with Gasteiger partial charge in [-0.3, -0.25) is 0 Å². The third kappa shape index (κ3) is 2.01. The van der Waals surface area contributed by atoms with Gasteiger partial charge in [0.25, 0.3) is 0 Å². The van der Waals surface area contributed by atoms with Crippen molar-refractivity contribution in [1.82, 2.24) is 5.32 Å². The van der Waals surface area contributed by atoms with E-state index in [2.05, 4.69) is 26.6 Å². The fourth-order valence-electron chi connectivity index (χ4n) is 1.35. The van der Waals surface area contributed by atoms with Gasteiger partial charge in [-0.2, -0.15) is 0 Å². The summed E-state index contributed by atoms with van der Waals surface area (Å²) in [5, 5.41) is 6.65. The quantitative estimate of drug-likeness (QED) is 0.866. The van der Waals surface area contributed by atoms with Crippen LogP contribution in [0.15, 0.2) is 22.7 Å². The van der Waals surface area contributed by atoms with Crippen molar-refractivity contribution >= 4 is 21.6 Å². The van der Waals surface area contributed by atoms with Crippen molar-refractivity contribution in [3.05, 3.63) is 22.7 Å². The predicted octanol–water partition coefficient (Wildman–Crippen LogP) is 1.84. The average molecular weight is 257 g/mol. The van der Waals surface area contributed by atoms with Crippen molar-refractivity contribution in [2.75, 3.05) is 25.5 Å². The predicted molar refractivity (Wildman–Crippen MR) is 61.0 cm³/mol. The lowest BCUT2D eigenvalue weighted by atomic mass is 10.1. The molecule has 0 aromatic heterocycles. The monoisotopic (exact) mass is 256 g/mol. The van der Waals surface area contributed by atoms with Crippen molar-refractivity contribution < 1.29 is 4.74 Å². The summed E-state index contributed by atoms with van der Waals surface area (Å²) >= 11 is 3.50. The number of rotatable bonds is 3. The van der Waals surface area contributed by atoms with Crippen LogP contribution >= 0.6 is 15.9 Å². The van der Waals surface area contributed by atoms with Gasteiger partial charge in [-0.1, -0.05) is 0 Å². The maximum absolute atomic E-state index is 5.17. The van der Waals surface area contributed by atoms with E-state index in [4.69, 9.17) is 4.74 Å². The molecular formula is C10H13BrN2O. The van der Waals surface area contributed by atoms with Crippen LogP contribution in [-0.4, -0.2) is 26.2 Å². The Bertz CT molecular complexity index is 326. The van der Waals surface area contributed by atoms with Gasteiger partial charge in [-0.05, 0) is 28.1 Å². The van der Waals surface area contributed by atoms with E-state index < -0.39 is 0 Å². The maximum Gasteiger partial charge on any atom is 0.121 e. The molecule has 0 saturated carbocycles. The van der Waals surface area contributed by atoms with Crippen molar-refractivity contribution in [2.24, 2.45) is 0 Å². The van der Waals surface area contributed by atoms with Crippen molar-refractivity contribution in [2.45, 2.75) is 6.04 Å². The van der Waals surface area contributed by atoms with E-state index >= 15 is 0 Å². The van der Waals surface area contributed by atoms with E-state index in [9.17, 15) is 0 Å². The minimum atomic E-state index is 0.540. The van der Waals surface area contributed by atoms with Crippen LogP contribution in [0.25, 0.3) is 0 Å². The molecular weight excluding hydrogens is 244 g/mol. The zero-order valence-electron chi connectivity index (χ0n) is 8.01. The molecule has 1 aliphatic heterocycles. The Balaban J connectivity index is 2.13. The summed E-state index contributed by atoms with van der Waals surface area (Å²) in [6.45, 7) is 2.06. The second kappa shape index (κ2) is 4.19. The lowest BCUT2D eigenvalue weighted by Gasteiger charge is -2.29. The molecule has 1 aromatic carbocycles. The Morgan fingerprint density at radius 2 is 2.29 bits per heavy atom. The zero-order chi connectivity index (χ0) is 9.97. The van der Waals surface area contributed by atoms with E-state index in [-0.39, 0.29) is 0 Å². The van der Waals surface area contributed by atoms with Crippen LogP contribution in [-0.2, 0) is 0 Å². The minimum absolute atomic E-state index is 0.540. The van der Waals surface area contributed by atoms with Gasteiger partial charge in [0.1, 0.15) is 5.75 Å². The van der Waals surface area contributed by atoms with Crippen LogP contribution in [0.4, 0.5) is 5.69 Å². The summed E-state index contributed by atoms with van der Waals surface area (Å²) in [6.07, 6.45) is 0. The fraction of sp³-hybridized carbons (Fsp3) is 0.400. The molecule has 1 fully saturated rings. The SMILES string of the molecule is COc1ccc(Br)c(NC2CNC2)c1. The van der Waals surface area contributed by atoms with Crippen molar-refractivity contribution in [3.8, 4) is 5.75 Å². The second-order valence-corrected chi connectivity index (χ2v) is 4.20. The molecule has 0 atom stereocenters. The second-order valence-electron chi connectivity index (χ2n) is 3.35. The van der Waals surface area contributed by atoms with Gasteiger partial charge < -0.3 is 15.4 Å². The van der Waals surface area contributed by atoms with E-state index in [0.717, 1.165) is 29.0 Å². The third-order valence-corrected chi connectivity index (χ3v) is 3.01. The van der Waals surface area contributed by atoms with Crippen LogP contribution in [0.2, 0.25) is 0 Å². The van der Waals surface area contributed by atoms with E-state index in [1.54, 1.807) is 7.11 Å². The first kappa shape index (κ1) is 9.80. The molecule has 4 heteroatoms.